The van der Waals surface area contributed by atoms with Crippen molar-refractivity contribution in [3.05, 3.63) is 35.7 Å². The van der Waals surface area contributed by atoms with Gasteiger partial charge < -0.3 is 18.9 Å². The minimum absolute atomic E-state index is 0.0717. The smallest absolute Gasteiger partial charge is 0.259 e. The molecule has 3 aromatic heterocycles. The van der Waals surface area contributed by atoms with Gasteiger partial charge in [0.2, 0.25) is 0 Å². The fourth-order valence-electron chi connectivity index (χ4n) is 2.78. The van der Waals surface area contributed by atoms with Crippen molar-refractivity contribution in [3.8, 4) is 11.5 Å². The van der Waals surface area contributed by atoms with E-state index in [-0.39, 0.29) is 24.2 Å². The first-order valence-corrected chi connectivity index (χ1v) is 8.18. The summed E-state index contributed by atoms with van der Waals surface area (Å²) < 4.78 is 10.7. The molecule has 0 aliphatic heterocycles. The summed E-state index contributed by atoms with van der Waals surface area (Å²) in [4.78, 5) is 19.2. The summed E-state index contributed by atoms with van der Waals surface area (Å²) in [6, 6.07) is 5.13. The summed E-state index contributed by atoms with van der Waals surface area (Å²) in [5, 5.41) is 14.3. The SMILES string of the molecule is Cc1noc2nc(-c3ccco3)cc(C(=O)N(CC(C)O)C(C)C)c12. The second-order valence-electron chi connectivity index (χ2n) is 6.38. The minimum Gasteiger partial charge on any atom is -0.463 e. The molecule has 3 heterocycles. The molecule has 1 atom stereocenters. The number of pyridine rings is 1. The molecule has 7 heteroatoms. The highest BCUT2D eigenvalue weighted by atomic mass is 16.5. The number of hydrogen-bond donors (Lipinski definition) is 1. The van der Waals surface area contributed by atoms with Crippen molar-refractivity contribution in [2.75, 3.05) is 6.54 Å². The van der Waals surface area contributed by atoms with Gasteiger partial charge in [-0.2, -0.15) is 0 Å². The number of nitrogens with zero attached hydrogens (tertiary/aromatic N) is 3. The summed E-state index contributed by atoms with van der Waals surface area (Å²) >= 11 is 0. The number of aryl methyl sites for hydroxylation is 1. The molecule has 1 N–H and O–H groups in total. The van der Waals surface area contributed by atoms with Crippen molar-refractivity contribution in [1.29, 1.82) is 0 Å². The van der Waals surface area contributed by atoms with Gasteiger partial charge in [0.1, 0.15) is 5.69 Å². The molecule has 3 rings (SSSR count). The second kappa shape index (κ2) is 6.68. The van der Waals surface area contributed by atoms with E-state index in [4.69, 9.17) is 8.94 Å². The van der Waals surface area contributed by atoms with E-state index in [0.29, 0.717) is 28.1 Å². The first-order valence-electron chi connectivity index (χ1n) is 8.18. The Morgan fingerprint density at radius 2 is 2.12 bits per heavy atom. The van der Waals surface area contributed by atoms with Crippen LogP contribution in [0.5, 0.6) is 0 Å². The predicted octanol–water partition coefficient (Wildman–Crippen LogP) is 3.02. The highest BCUT2D eigenvalue weighted by molar-refractivity contribution is 6.07. The van der Waals surface area contributed by atoms with Crippen LogP contribution < -0.4 is 0 Å². The van der Waals surface area contributed by atoms with E-state index in [0.717, 1.165) is 0 Å². The van der Waals surface area contributed by atoms with Gasteiger partial charge in [0.05, 0.1) is 29.0 Å². The minimum atomic E-state index is -0.628. The Morgan fingerprint density at radius 1 is 1.36 bits per heavy atom. The van der Waals surface area contributed by atoms with Crippen LogP contribution in [0.3, 0.4) is 0 Å². The first kappa shape index (κ1) is 17.2. The predicted molar refractivity (Wildman–Crippen MR) is 92.1 cm³/mol. The summed E-state index contributed by atoms with van der Waals surface area (Å²) in [5.41, 5.74) is 1.82. The molecular formula is C18H21N3O4. The number of fused-ring (bicyclic) bond motifs is 1. The highest BCUT2D eigenvalue weighted by Crippen LogP contribution is 2.28. The Balaban J connectivity index is 2.16. The van der Waals surface area contributed by atoms with Gasteiger partial charge >= 0.3 is 0 Å². The third kappa shape index (κ3) is 3.28. The van der Waals surface area contributed by atoms with Crippen LogP contribution in [0.2, 0.25) is 0 Å². The lowest BCUT2D eigenvalue weighted by Gasteiger charge is -2.28. The van der Waals surface area contributed by atoms with Gasteiger partial charge in [-0.3, -0.25) is 4.79 Å². The van der Waals surface area contributed by atoms with E-state index in [1.165, 1.54) is 0 Å². The van der Waals surface area contributed by atoms with Crippen LogP contribution in [-0.4, -0.2) is 44.7 Å². The average Bonchev–Trinajstić information content (AvgIpc) is 3.21. The van der Waals surface area contributed by atoms with Crippen molar-refractivity contribution < 1.29 is 18.8 Å². The number of amides is 1. The van der Waals surface area contributed by atoms with Crippen LogP contribution in [0.4, 0.5) is 0 Å². The van der Waals surface area contributed by atoms with Crippen LogP contribution in [0.25, 0.3) is 22.6 Å². The molecule has 0 radical (unpaired) electrons. The molecule has 0 fully saturated rings. The quantitative estimate of drug-likeness (QED) is 0.765. The van der Waals surface area contributed by atoms with Crippen molar-refractivity contribution in [2.45, 2.75) is 39.8 Å². The van der Waals surface area contributed by atoms with Crippen LogP contribution in [0.1, 0.15) is 36.8 Å². The number of aliphatic hydroxyl groups is 1. The van der Waals surface area contributed by atoms with E-state index >= 15 is 0 Å². The van der Waals surface area contributed by atoms with Crippen molar-refractivity contribution in [2.24, 2.45) is 0 Å². The van der Waals surface area contributed by atoms with E-state index in [1.807, 2.05) is 13.8 Å². The van der Waals surface area contributed by atoms with Crippen molar-refractivity contribution in [1.82, 2.24) is 15.0 Å². The number of carbonyl (C=O) groups excluding carboxylic acids is 1. The lowest BCUT2D eigenvalue weighted by molar-refractivity contribution is 0.0580. The van der Waals surface area contributed by atoms with Gasteiger partial charge in [-0.15, -0.1) is 0 Å². The normalized spacial score (nSPS) is 12.7. The third-order valence-corrected chi connectivity index (χ3v) is 3.97. The third-order valence-electron chi connectivity index (χ3n) is 3.97. The van der Waals surface area contributed by atoms with Crippen LogP contribution in [-0.2, 0) is 0 Å². The van der Waals surface area contributed by atoms with Crippen LogP contribution in [0.15, 0.2) is 33.4 Å². The largest absolute Gasteiger partial charge is 0.463 e. The molecule has 0 spiro atoms. The Hall–Kier alpha value is -2.67. The molecule has 0 saturated carbocycles. The van der Waals surface area contributed by atoms with Crippen molar-refractivity contribution in [3.63, 3.8) is 0 Å². The molecule has 0 aliphatic rings. The van der Waals surface area contributed by atoms with E-state index in [1.54, 1.807) is 43.2 Å². The zero-order valence-corrected chi connectivity index (χ0v) is 14.7. The Kier molecular flexibility index (Phi) is 4.59. The summed E-state index contributed by atoms with van der Waals surface area (Å²) in [7, 11) is 0. The molecule has 0 aliphatic carbocycles. The number of hydrogen-bond acceptors (Lipinski definition) is 6. The number of rotatable bonds is 5. The lowest BCUT2D eigenvalue weighted by Crippen LogP contribution is -2.41. The monoisotopic (exact) mass is 343 g/mol. The number of furan rings is 1. The fourth-order valence-corrected chi connectivity index (χ4v) is 2.78. The fraction of sp³-hybridized carbons (Fsp3) is 0.389. The number of carbonyl (C=O) groups is 1. The van der Waals surface area contributed by atoms with E-state index < -0.39 is 6.10 Å². The molecule has 25 heavy (non-hydrogen) atoms. The van der Waals surface area contributed by atoms with Crippen LogP contribution >= 0.6 is 0 Å². The topological polar surface area (TPSA) is 92.6 Å². The Bertz CT molecular complexity index is 881. The van der Waals surface area contributed by atoms with Crippen molar-refractivity contribution >= 4 is 17.0 Å². The molecule has 132 valence electrons. The maximum atomic E-state index is 13.2. The molecule has 3 aromatic rings. The summed E-state index contributed by atoms with van der Waals surface area (Å²) in [6.07, 6.45) is 0.916. The molecule has 0 saturated heterocycles. The summed E-state index contributed by atoms with van der Waals surface area (Å²) in [5.74, 6) is 0.332. The standard InChI is InChI=1S/C18H21N3O4/c1-10(2)21(9-11(3)22)18(23)13-8-14(15-6-5-7-24-15)19-17-16(13)12(4)20-25-17/h5-8,10-11,22H,9H2,1-4H3. The van der Waals surface area contributed by atoms with Gasteiger partial charge in [0.15, 0.2) is 5.76 Å². The van der Waals surface area contributed by atoms with Gasteiger partial charge in [0.25, 0.3) is 11.6 Å². The van der Waals surface area contributed by atoms with Crippen LogP contribution in [0, 0.1) is 6.92 Å². The lowest BCUT2D eigenvalue weighted by atomic mass is 10.1. The van der Waals surface area contributed by atoms with E-state index in [9.17, 15) is 9.90 Å². The van der Waals surface area contributed by atoms with Gasteiger partial charge in [0, 0.05) is 12.6 Å². The zero-order valence-electron chi connectivity index (χ0n) is 14.7. The van der Waals surface area contributed by atoms with E-state index in [2.05, 4.69) is 10.1 Å². The molecule has 7 nitrogen and oxygen atoms in total. The number of aromatic nitrogens is 2. The molecular weight excluding hydrogens is 322 g/mol. The molecule has 1 amide bonds. The molecule has 0 aromatic carbocycles. The highest BCUT2D eigenvalue weighted by Gasteiger charge is 2.26. The maximum Gasteiger partial charge on any atom is 0.259 e. The summed E-state index contributed by atoms with van der Waals surface area (Å²) in [6.45, 7) is 7.48. The average molecular weight is 343 g/mol. The molecule has 0 bridgehead atoms. The Labute approximate surface area is 145 Å². The van der Waals surface area contributed by atoms with Gasteiger partial charge in [-0.1, -0.05) is 5.16 Å². The Morgan fingerprint density at radius 3 is 2.72 bits per heavy atom. The number of aliphatic hydroxyl groups excluding tert-OH is 1. The zero-order chi connectivity index (χ0) is 18.1. The van der Waals surface area contributed by atoms with Gasteiger partial charge in [-0.25, -0.2) is 4.98 Å². The molecule has 1 unspecified atom stereocenters. The first-order chi connectivity index (χ1) is 11.9. The second-order valence-corrected chi connectivity index (χ2v) is 6.38. The maximum absolute atomic E-state index is 13.2. The van der Waals surface area contributed by atoms with Gasteiger partial charge in [-0.05, 0) is 45.9 Å².